The van der Waals surface area contributed by atoms with Gasteiger partial charge in [-0.1, -0.05) is 11.6 Å². The molecule has 0 fully saturated rings. The van der Waals surface area contributed by atoms with E-state index in [1.165, 1.54) is 0 Å². The molecular formula is C9H9ClN2O2S. The Balaban J connectivity index is 2.40. The van der Waals surface area contributed by atoms with E-state index < -0.39 is 5.91 Å². The first kappa shape index (κ1) is 11.7. The summed E-state index contributed by atoms with van der Waals surface area (Å²) in [6.45, 7) is -0.140. The minimum absolute atomic E-state index is 0.0697. The molecule has 0 heterocycles. The highest BCUT2D eigenvalue weighted by Crippen LogP contribution is 2.15. The minimum atomic E-state index is -0.391. The summed E-state index contributed by atoms with van der Waals surface area (Å²) in [4.78, 5) is 11.1. The smallest absolute Gasteiger partial charge is 0.264 e. The van der Waals surface area contributed by atoms with Crippen molar-refractivity contribution in [2.75, 3.05) is 6.61 Å². The van der Waals surface area contributed by atoms with Crippen LogP contribution in [-0.4, -0.2) is 17.6 Å². The number of carbonyl (C=O) groups is 1. The molecule has 15 heavy (non-hydrogen) atoms. The first-order valence-corrected chi connectivity index (χ1v) is 4.84. The first-order valence-electron chi connectivity index (χ1n) is 4.05. The van der Waals surface area contributed by atoms with E-state index in [0.717, 1.165) is 0 Å². The van der Waals surface area contributed by atoms with Gasteiger partial charge < -0.3 is 15.8 Å². The van der Waals surface area contributed by atoms with Gasteiger partial charge in [-0.3, -0.25) is 4.79 Å². The molecule has 80 valence electrons. The van der Waals surface area contributed by atoms with Crippen molar-refractivity contribution < 1.29 is 9.53 Å². The Morgan fingerprint density at radius 3 is 2.60 bits per heavy atom. The third kappa shape index (κ3) is 4.62. The summed E-state index contributed by atoms with van der Waals surface area (Å²) < 4.78 is 5.14. The van der Waals surface area contributed by atoms with Crippen molar-refractivity contribution in [1.82, 2.24) is 5.32 Å². The lowest BCUT2D eigenvalue weighted by Crippen LogP contribution is -2.37. The lowest BCUT2D eigenvalue weighted by molar-refractivity contribution is -0.121. The fourth-order valence-electron chi connectivity index (χ4n) is 0.853. The summed E-state index contributed by atoms with van der Waals surface area (Å²) in [5.41, 5.74) is 5.11. The largest absolute Gasteiger partial charge is 0.484 e. The Morgan fingerprint density at radius 1 is 1.47 bits per heavy atom. The van der Waals surface area contributed by atoms with E-state index in [0.29, 0.717) is 10.8 Å². The SMILES string of the molecule is NC(=S)NC(=O)COc1ccc(Cl)cc1. The fourth-order valence-corrected chi connectivity index (χ4v) is 1.09. The van der Waals surface area contributed by atoms with Gasteiger partial charge in [0.15, 0.2) is 11.7 Å². The van der Waals surface area contributed by atoms with Crippen molar-refractivity contribution in [2.45, 2.75) is 0 Å². The van der Waals surface area contributed by atoms with Crippen molar-refractivity contribution in [3.05, 3.63) is 29.3 Å². The maximum Gasteiger partial charge on any atom is 0.264 e. The number of carbonyl (C=O) groups excluding carboxylic acids is 1. The van der Waals surface area contributed by atoms with Crippen LogP contribution in [0.4, 0.5) is 0 Å². The average molecular weight is 245 g/mol. The number of ether oxygens (including phenoxy) is 1. The van der Waals surface area contributed by atoms with Crippen LogP contribution in [0.1, 0.15) is 0 Å². The Hall–Kier alpha value is -1.33. The molecule has 1 aromatic rings. The maximum absolute atomic E-state index is 11.1. The fraction of sp³-hybridized carbons (Fsp3) is 0.111. The zero-order chi connectivity index (χ0) is 11.3. The molecule has 0 saturated carbocycles. The van der Waals surface area contributed by atoms with Gasteiger partial charge in [-0.2, -0.15) is 0 Å². The van der Waals surface area contributed by atoms with E-state index in [9.17, 15) is 4.79 Å². The molecular weight excluding hydrogens is 236 g/mol. The molecule has 6 heteroatoms. The number of halogens is 1. The molecule has 0 unspecified atom stereocenters. The number of thiocarbonyl (C=S) groups is 1. The van der Waals surface area contributed by atoms with Gasteiger partial charge >= 0.3 is 0 Å². The number of hydrogen-bond acceptors (Lipinski definition) is 3. The number of rotatable bonds is 3. The molecule has 0 radical (unpaired) electrons. The molecule has 0 aliphatic rings. The van der Waals surface area contributed by atoms with Crippen LogP contribution in [0, 0.1) is 0 Å². The molecule has 0 atom stereocenters. The second-order valence-electron chi connectivity index (χ2n) is 2.66. The second-order valence-corrected chi connectivity index (χ2v) is 3.53. The molecule has 4 nitrogen and oxygen atoms in total. The van der Waals surface area contributed by atoms with Gasteiger partial charge in [0.05, 0.1) is 0 Å². The van der Waals surface area contributed by atoms with E-state index in [-0.39, 0.29) is 11.7 Å². The Labute approximate surface area is 97.4 Å². The molecule has 0 aliphatic heterocycles. The number of hydrogen-bond donors (Lipinski definition) is 2. The van der Waals surface area contributed by atoms with E-state index >= 15 is 0 Å². The van der Waals surface area contributed by atoms with Crippen molar-refractivity contribution in [1.29, 1.82) is 0 Å². The molecule has 3 N–H and O–H groups in total. The van der Waals surface area contributed by atoms with Gasteiger partial charge in [0.25, 0.3) is 5.91 Å². The summed E-state index contributed by atoms with van der Waals surface area (Å²) in [5.74, 6) is 0.162. The minimum Gasteiger partial charge on any atom is -0.484 e. The molecule has 0 aromatic heterocycles. The van der Waals surface area contributed by atoms with Crippen LogP contribution >= 0.6 is 23.8 Å². The summed E-state index contributed by atoms with van der Waals surface area (Å²) in [6, 6.07) is 6.66. The van der Waals surface area contributed by atoms with Crippen LogP contribution in [0.25, 0.3) is 0 Å². The number of nitrogens with one attached hydrogen (secondary N) is 1. The van der Waals surface area contributed by atoms with Crippen LogP contribution in [0.5, 0.6) is 5.75 Å². The molecule has 0 spiro atoms. The van der Waals surface area contributed by atoms with Gasteiger partial charge in [0.1, 0.15) is 5.75 Å². The summed E-state index contributed by atoms with van der Waals surface area (Å²) in [5, 5.41) is 2.78. The van der Waals surface area contributed by atoms with Crippen LogP contribution in [0.15, 0.2) is 24.3 Å². The highest BCUT2D eigenvalue weighted by atomic mass is 35.5. The topological polar surface area (TPSA) is 64.3 Å². The van der Waals surface area contributed by atoms with Gasteiger partial charge in [-0.15, -0.1) is 0 Å². The van der Waals surface area contributed by atoms with Crippen LogP contribution in [-0.2, 0) is 4.79 Å². The van der Waals surface area contributed by atoms with Crippen molar-refractivity contribution in [3.8, 4) is 5.75 Å². The zero-order valence-corrected chi connectivity index (χ0v) is 9.27. The second kappa shape index (κ2) is 5.53. The predicted molar refractivity (Wildman–Crippen MR) is 61.9 cm³/mol. The standard InChI is InChI=1S/C9H9ClN2O2S/c10-6-1-3-7(4-2-6)14-5-8(13)12-9(11)15/h1-4H,5H2,(H3,11,12,13,15). The molecule has 1 amide bonds. The Bertz CT molecular complexity index is 367. The van der Waals surface area contributed by atoms with Gasteiger partial charge in [-0.05, 0) is 36.5 Å². The normalized spacial score (nSPS) is 9.40. The van der Waals surface area contributed by atoms with Crippen molar-refractivity contribution >= 4 is 34.8 Å². The summed E-state index contributed by atoms with van der Waals surface area (Å²) in [7, 11) is 0. The Morgan fingerprint density at radius 2 is 2.07 bits per heavy atom. The third-order valence-electron chi connectivity index (χ3n) is 1.45. The summed E-state index contributed by atoms with van der Waals surface area (Å²) >= 11 is 10.2. The first-order chi connectivity index (χ1) is 7.08. The highest BCUT2D eigenvalue weighted by Gasteiger charge is 2.02. The number of benzene rings is 1. The molecule has 0 saturated heterocycles. The molecule has 0 bridgehead atoms. The monoisotopic (exact) mass is 244 g/mol. The van der Waals surface area contributed by atoms with Gasteiger partial charge in [0.2, 0.25) is 0 Å². The zero-order valence-electron chi connectivity index (χ0n) is 7.70. The maximum atomic E-state index is 11.1. The molecule has 1 aromatic carbocycles. The predicted octanol–water partition coefficient (Wildman–Crippen LogP) is 1.08. The lowest BCUT2D eigenvalue weighted by atomic mass is 10.3. The number of nitrogens with two attached hydrogens (primary N) is 1. The molecule has 1 rings (SSSR count). The van der Waals surface area contributed by atoms with Gasteiger partial charge in [0, 0.05) is 5.02 Å². The summed E-state index contributed by atoms with van der Waals surface area (Å²) in [6.07, 6.45) is 0. The quantitative estimate of drug-likeness (QED) is 0.781. The molecule has 0 aliphatic carbocycles. The van der Waals surface area contributed by atoms with E-state index in [1.54, 1.807) is 24.3 Å². The van der Waals surface area contributed by atoms with Crippen LogP contribution < -0.4 is 15.8 Å². The lowest BCUT2D eigenvalue weighted by Gasteiger charge is -2.05. The highest BCUT2D eigenvalue weighted by molar-refractivity contribution is 7.80. The van der Waals surface area contributed by atoms with E-state index in [2.05, 4.69) is 17.5 Å². The van der Waals surface area contributed by atoms with Gasteiger partial charge in [-0.25, -0.2) is 0 Å². The van der Waals surface area contributed by atoms with Crippen LogP contribution in [0.3, 0.4) is 0 Å². The third-order valence-corrected chi connectivity index (χ3v) is 1.80. The van der Waals surface area contributed by atoms with E-state index in [4.69, 9.17) is 22.1 Å². The number of amides is 1. The Kier molecular flexibility index (Phi) is 4.33. The average Bonchev–Trinajstić information content (AvgIpc) is 2.16. The van der Waals surface area contributed by atoms with Crippen LogP contribution in [0.2, 0.25) is 5.02 Å². The van der Waals surface area contributed by atoms with Crippen molar-refractivity contribution in [2.24, 2.45) is 5.73 Å². The van der Waals surface area contributed by atoms with E-state index in [1.807, 2.05) is 0 Å². The van der Waals surface area contributed by atoms with Crippen molar-refractivity contribution in [3.63, 3.8) is 0 Å².